The number of hydrogen-bond acceptors (Lipinski definition) is 0. The summed E-state index contributed by atoms with van der Waals surface area (Å²) < 4.78 is 0. The van der Waals surface area contributed by atoms with Crippen molar-refractivity contribution in [2.45, 2.75) is 298 Å². The molecule has 17 atom stereocenters. The first-order valence-electron chi connectivity index (χ1n) is 33.0. The Morgan fingerprint density at radius 3 is 1.97 bits per heavy atom. The lowest BCUT2D eigenvalue weighted by molar-refractivity contribution is 0.0354. The summed E-state index contributed by atoms with van der Waals surface area (Å²) in [6, 6.07) is 0. The molecule has 69 heavy (non-hydrogen) atoms. The summed E-state index contributed by atoms with van der Waals surface area (Å²) in [6.07, 6.45) is 63.0. The highest BCUT2D eigenvalue weighted by atomic mass is 14.5. The van der Waals surface area contributed by atoms with Gasteiger partial charge in [-0.3, -0.25) is 0 Å². The smallest absolute Gasteiger partial charge is 0.0144 e. The zero-order valence-electron chi connectivity index (χ0n) is 47.5. The van der Waals surface area contributed by atoms with Crippen molar-refractivity contribution in [2.24, 2.45) is 112 Å². The van der Waals surface area contributed by atoms with E-state index in [-0.39, 0.29) is 0 Å². The van der Waals surface area contributed by atoms with Crippen molar-refractivity contribution in [2.75, 3.05) is 0 Å². The van der Waals surface area contributed by atoms with Gasteiger partial charge in [0.25, 0.3) is 0 Å². The Balaban J connectivity index is 0.959. The minimum atomic E-state index is 0.899. The van der Waals surface area contributed by atoms with Gasteiger partial charge in [0.2, 0.25) is 0 Å². The molecule has 0 spiro atoms. The largest absolute Gasteiger partial charge is 0.103 e. The van der Waals surface area contributed by atoms with E-state index in [1.54, 1.807) is 116 Å². The van der Waals surface area contributed by atoms with Gasteiger partial charge in [0.1, 0.15) is 0 Å². The van der Waals surface area contributed by atoms with Gasteiger partial charge in [-0.25, -0.2) is 0 Å². The minimum absolute atomic E-state index is 0.899. The third-order valence-corrected chi connectivity index (χ3v) is 24.4. The molecule has 396 valence electrons. The molecular weight excluding hydrogens is 829 g/mol. The van der Waals surface area contributed by atoms with Gasteiger partial charge in [-0.15, -0.1) is 6.58 Å². The summed E-state index contributed by atoms with van der Waals surface area (Å²) in [5, 5.41) is 0. The van der Waals surface area contributed by atoms with E-state index < -0.39 is 0 Å². The van der Waals surface area contributed by atoms with Crippen molar-refractivity contribution >= 4 is 0 Å². The van der Waals surface area contributed by atoms with Crippen LogP contribution >= 0.6 is 0 Å². The summed E-state index contributed by atoms with van der Waals surface area (Å²) in [6.45, 7) is 20.1. The number of allylic oxidation sites excluding steroid dienone is 3. The number of unbranched alkanes of at least 4 members (excludes halogenated alkanes) is 1. The fraction of sp³-hybridized carbons (Fsp3) is 0.942. The Morgan fingerprint density at radius 2 is 1.17 bits per heavy atom. The van der Waals surface area contributed by atoms with Crippen molar-refractivity contribution in [1.82, 2.24) is 0 Å². The maximum absolute atomic E-state index is 4.17. The molecule has 8 fully saturated rings. The first-order valence-corrected chi connectivity index (χ1v) is 33.0. The van der Waals surface area contributed by atoms with Crippen LogP contribution in [0.2, 0.25) is 0 Å². The molecule has 17 unspecified atom stereocenters. The molecule has 0 aliphatic heterocycles. The molecule has 2 bridgehead atoms. The van der Waals surface area contributed by atoms with E-state index >= 15 is 0 Å². The quantitative estimate of drug-likeness (QED) is 0.0894. The molecule has 0 radical (unpaired) electrons. The van der Waals surface area contributed by atoms with E-state index in [0.29, 0.717) is 0 Å². The van der Waals surface area contributed by atoms with Gasteiger partial charge in [-0.1, -0.05) is 219 Å². The van der Waals surface area contributed by atoms with Gasteiger partial charge in [-0.05, 0) is 209 Å². The SMILES string of the molecule is C=CCC1CCCCC1C(C)CCCCC(CC)C1CC(C(C)CCC2C(CCC)=C(C)C(C3CCC4CCC(CC4)C3)C3CCCCC23)CC(C2CCCC(C3CCCCCC(C)CCC3)C2)C1. The molecule has 0 amide bonds. The highest BCUT2D eigenvalue weighted by molar-refractivity contribution is 5.26. The highest BCUT2D eigenvalue weighted by Crippen LogP contribution is 2.58. The highest BCUT2D eigenvalue weighted by Gasteiger charge is 2.47. The average molecular weight is 950 g/mol. The average Bonchev–Trinajstić information content (AvgIpc) is 3.36. The van der Waals surface area contributed by atoms with Crippen LogP contribution in [0, 0.1) is 112 Å². The van der Waals surface area contributed by atoms with Crippen molar-refractivity contribution in [3.63, 3.8) is 0 Å². The topological polar surface area (TPSA) is 0 Å². The van der Waals surface area contributed by atoms with Crippen LogP contribution in [0.3, 0.4) is 0 Å². The molecule has 0 heterocycles. The van der Waals surface area contributed by atoms with Crippen LogP contribution in [0.15, 0.2) is 23.8 Å². The normalized spacial score (nSPS) is 41.0. The van der Waals surface area contributed by atoms with E-state index in [1.807, 2.05) is 11.1 Å². The van der Waals surface area contributed by atoms with Crippen molar-refractivity contribution in [3.8, 4) is 0 Å². The van der Waals surface area contributed by atoms with Crippen molar-refractivity contribution in [1.29, 1.82) is 0 Å². The molecule has 0 aromatic carbocycles. The standard InChI is InChI=1S/C69H120/c1-8-22-57-29-16-17-33-64(57)51(6)26-14-15-27-55(10-3)62-46-61(47-63(48-62)59-32-21-31-58(45-59)56-28-13-11-12-24-49(4)25-20-30-56)50(5)36-43-67-65(23-9-2)52(7)69(68-35-19-18-34-66(67)68)60-42-41-53-37-39-54(44-60)40-38-53/h8,49-51,53-64,66-69H,1,9-48H2,2-7H3. The molecule has 0 N–H and O–H groups in total. The summed E-state index contributed by atoms with van der Waals surface area (Å²) in [7, 11) is 0. The third-order valence-electron chi connectivity index (χ3n) is 24.4. The van der Waals surface area contributed by atoms with E-state index in [0.717, 1.165) is 112 Å². The number of rotatable bonds is 19. The van der Waals surface area contributed by atoms with E-state index in [4.69, 9.17) is 0 Å². The molecule has 0 aromatic rings. The Kier molecular flexibility index (Phi) is 22.1. The lowest BCUT2D eigenvalue weighted by atomic mass is 9.53. The van der Waals surface area contributed by atoms with Crippen LogP contribution in [0.1, 0.15) is 298 Å². The van der Waals surface area contributed by atoms with Crippen LogP contribution < -0.4 is 0 Å². The second-order valence-corrected chi connectivity index (χ2v) is 28.5. The van der Waals surface area contributed by atoms with Gasteiger partial charge in [0.15, 0.2) is 0 Å². The zero-order valence-corrected chi connectivity index (χ0v) is 47.5. The molecule has 9 aliphatic carbocycles. The van der Waals surface area contributed by atoms with Gasteiger partial charge in [-0.2, -0.15) is 0 Å². The van der Waals surface area contributed by atoms with Gasteiger partial charge >= 0.3 is 0 Å². The number of hydrogen-bond donors (Lipinski definition) is 0. The van der Waals surface area contributed by atoms with Crippen LogP contribution in [-0.4, -0.2) is 0 Å². The monoisotopic (exact) mass is 949 g/mol. The minimum Gasteiger partial charge on any atom is -0.103 e. The second-order valence-electron chi connectivity index (χ2n) is 28.5. The van der Waals surface area contributed by atoms with Gasteiger partial charge < -0.3 is 0 Å². The van der Waals surface area contributed by atoms with Crippen LogP contribution in [-0.2, 0) is 0 Å². The molecule has 0 nitrogen and oxygen atoms in total. The van der Waals surface area contributed by atoms with Crippen molar-refractivity contribution < 1.29 is 0 Å². The van der Waals surface area contributed by atoms with Gasteiger partial charge in [0.05, 0.1) is 0 Å². The lowest BCUT2D eigenvalue weighted by Crippen LogP contribution is -2.43. The first-order chi connectivity index (χ1) is 33.7. The van der Waals surface area contributed by atoms with E-state index in [1.165, 1.54) is 141 Å². The Morgan fingerprint density at radius 1 is 0.536 bits per heavy atom. The van der Waals surface area contributed by atoms with Crippen molar-refractivity contribution in [3.05, 3.63) is 23.8 Å². The third kappa shape index (κ3) is 14.7. The first kappa shape index (κ1) is 54.7. The summed E-state index contributed by atoms with van der Waals surface area (Å²) in [5.41, 5.74) is 4.01. The lowest BCUT2D eigenvalue weighted by Gasteiger charge is -2.52. The van der Waals surface area contributed by atoms with Gasteiger partial charge in [0, 0.05) is 0 Å². The Labute approximate surface area is 432 Å². The van der Waals surface area contributed by atoms with E-state index in [9.17, 15) is 0 Å². The molecular formula is C69H120. The number of fused-ring (bicyclic) bond motifs is 6. The fourth-order valence-electron chi connectivity index (χ4n) is 20.4. The maximum Gasteiger partial charge on any atom is -0.0144 e. The summed E-state index contributed by atoms with van der Waals surface area (Å²) in [4.78, 5) is 0. The summed E-state index contributed by atoms with van der Waals surface area (Å²) in [5.74, 6) is 18.6. The molecule has 9 aliphatic rings. The zero-order chi connectivity index (χ0) is 48.1. The molecule has 0 aromatic heterocycles. The predicted molar refractivity (Wildman–Crippen MR) is 302 cm³/mol. The molecule has 9 rings (SSSR count). The van der Waals surface area contributed by atoms with Crippen LogP contribution in [0.25, 0.3) is 0 Å². The fourth-order valence-corrected chi connectivity index (χ4v) is 20.4. The molecule has 0 heteroatoms. The molecule has 0 saturated heterocycles. The van der Waals surface area contributed by atoms with Crippen LogP contribution in [0.5, 0.6) is 0 Å². The Bertz CT molecular complexity index is 1490. The summed E-state index contributed by atoms with van der Waals surface area (Å²) >= 11 is 0. The second kappa shape index (κ2) is 27.9. The predicted octanol–water partition coefficient (Wildman–Crippen LogP) is 22.0. The van der Waals surface area contributed by atoms with E-state index in [2.05, 4.69) is 54.2 Å². The van der Waals surface area contributed by atoms with Crippen LogP contribution in [0.4, 0.5) is 0 Å². The molecule has 8 saturated carbocycles. The Hall–Kier alpha value is -0.520. The maximum atomic E-state index is 4.17.